The Balaban J connectivity index is 2.31. The van der Waals surface area contributed by atoms with Gasteiger partial charge in [0, 0.05) is 23.8 Å². The van der Waals surface area contributed by atoms with Crippen LogP contribution in [0.3, 0.4) is 0 Å². The SMILES string of the molecule is CC(Cl)CN1C(=O)N(CN2C(=O)N(CC(C)Cl)C(=O)C2(C)C)C(C)(C)C1=O. The summed E-state index contributed by atoms with van der Waals surface area (Å²) in [5.41, 5.74) is -2.31. The normalized spacial score (nSPS) is 24.3. The number of hydrogen-bond donors (Lipinski definition) is 0. The predicted molar refractivity (Wildman–Crippen MR) is 102 cm³/mol. The lowest BCUT2D eigenvalue weighted by Gasteiger charge is -2.36. The van der Waals surface area contributed by atoms with Gasteiger partial charge in [0.2, 0.25) is 0 Å². The zero-order chi connectivity index (χ0) is 20.9. The monoisotopic (exact) mass is 420 g/mol. The highest BCUT2D eigenvalue weighted by Crippen LogP contribution is 2.33. The first-order chi connectivity index (χ1) is 12.2. The van der Waals surface area contributed by atoms with Crippen LogP contribution in [0.4, 0.5) is 9.59 Å². The average molecular weight is 421 g/mol. The fraction of sp³-hybridized carbons (Fsp3) is 0.765. The zero-order valence-corrected chi connectivity index (χ0v) is 18.0. The Kier molecular flexibility index (Phi) is 5.74. The molecule has 2 unspecified atom stereocenters. The van der Waals surface area contributed by atoms with E-state index in [1.807, 2.05) is 0 Å². The van der Waals surface area contributed by atoms with E-state index in [0.717, 1.165) is 9.80 Å². The molecule has 0 radical (unpaired) electrons. The second-order valence-electron chi connectivity index (χ2n) is 8.07. The van der Waals surface area contributed by atoms with Crippen molar-refractivity contribution in [2.24, 2.45) is 0 Å². The van der Waals surface area contributed by atoms with Gasteiger partial charge < -0.3 is 0 Å². The zero-order valence-electron chi connectivity index (χ0n) is 16.5. The molecule has 2 aliphatic heterocycles. The van der Waals surface area contributed by atoms with Crippen LogP contribution in [-0.4, -0.2) is 85.1 Å². The van der Waals surface area contributed by atoms with E-state index in [2.05, 4.69) is 0 Å². The summed E-state index contributed by atoms with van der Waals surface area (Å²) in [5, 5.41) is -0.804. The highest BCUT2D eigenvalue weighted by molar-refractivity contribution is 6.21. The van der Waals surface area contributed by atoms with Gasteiger partial charge in [0.25, 0.3) is 11.8 Å². The van der Waals surface area contributed by atoms with Gasteiger partial charge >= 0.3 is 12.1 Å². The quantitative estimate of drug-likeness (QED) is 0.487. The molecule has 2 rings (SSSR count). The molecule has 0 aromatic heterocycles. The number of carbonyl (C=O) groups excluding carboxylic acids is 4. The molecule has 0 N–H and O–H groups in total. The molecule has 0 aliphatic carbocycles. The van der Waals surface area contributed by atoms with Gasteiger partial charge in [-0.25, -0.2) is 9.59 Å². The van der Waals surface area contributed by atoms with Gasteiger partial charge in [0.15, 0.2) is 0 Å². The Bertz CT molecular complexity index is 622. The molecule has 2 atom stereocenters. The van der Waals surface area contributed by atoms with Crippen LogP contribution in [0.5, 0.6) is 0 Å². The third-order valence-corrected chi connectivity index (χ3v) is 5.24. The molecule has 0 aromatic rings. The van der Waals surface area contributed by atoms with E-state index in [1.165, 1.54) is 9.80 Å². The van der Waals surface area contributed by atoms with Crippen LogP contribution in [0, 0.1) is 0 Å². The molecule has 0 aromatic carbocycles. The van der Waals surface area contributed by atoms with Crippen molar-refractivity contribution in [3.8, 4) is 0 Å². The molecule has 0 bridgehead atoms. The van der Waals surface area contributed by atoms with Crippen molar-refractivity contribution in [1.82, 2.24) is 19.6 Å². The third kappa shape index (κ3) is 3.61. The fourth-order valence-electron chi connectivity index (χ4n) is 3.28. The topological polar surface area (TPSA) is 81.2 Å². The smallest absolute Gasteiger partial charge is 0.292 e. The summed E-state index contributed by atoms with van der Waals surface area (Å²) >= 11 is 11.9. The van der Waals surface area contributed by atoms with Crippen molar-refractivity contribution in [3.05, 3.63) is 0 Å². The van der Waals surface area contributed by atoms with E-state index < -0.39 is 33.9 Å². The van der Waals surface area contributed by atoms with Crippen LogP contribution < -0.4 is 0 Å². The Morgan fingerprint density at radius 3 is 1.30 bits per heavy atom. The molecule has 2 fully saturated rings. The largest absolute Gasteiger partial charge is 0.329 e. The first-order valence-corrected chi connectivity index (χ1v) is 9.65. The molecule has 8 nitrogen and oxygen atoms in total. The van der Waals surface area contributed by atoms with Crippen molar-refractivity contribution >= 4 is 47.1 Å². The van der Waals surface area contributed by atoms with Gasteiger partial charge in [0.1, 0.15) is 17.7 Å². The summed E-state index contributed by atoms with van der Waals surface area (Å²) in [6.45, 7) is 9.79. The molecule has 27 heavy (non-hydrogen) atoms. The molecule has 0 saturated carbocycles. The van der Waals surface area contributed by atoms with E-state index >= 15 is 0 Å². The van der Waals surface area contributed by atoms with E-state index in [-0.39, 0.29) is 31.6 Å². The number of nitrogens with zero attached hydrogens (tertiary/aromatic N) is 4. The first kappa shape index (κ1) is 21.8. The second-order valence-corrected chi connectivity index (χ2v) is 9.56. The molecule has 10 heteroatoms. The van der Waals surface area contributed by atoms with E-state index in [9.17, 15) is 19.2 Å². The van der Waals surface area contributed by atoms with Gasteiger partial charge in [-0.2, -0.15) is 0 Å². The first-order valence-electron chi connectivity index (χ1n) is 8.78. The minimum Gasteiger partial charge on any atom is -0.292 e. The third-order valence-electron chi connectivity index (χ3n) is 4.96. The summed E-state index contributed by atoms with van der Waals surface area (Å²) in [5.74, 6) is -0.774. The van der Waals surface area contributed by atoms with E-state index in [0.29, 0.717) is 0 Å². The Morgan fingerprint density at radius 1 is 0.741 bits per heavy atom. The number of urea groups is 2. The standard InChI is InChI=1S/C17H26Cl2N4O4/c1-10(18)7-20-12(24)16(3,4)22(14(20)26)9-23-15(27)21(8-11(2)19)13(25)17(23,5)6/h10-11H,7-9H2,1-6H3. The van der Waals surface area contributed by atoms with Gasteiger partial charge in [-0.1, -0.05) is 0 Å². The van der Waals surface area contributed by atoms with Crippen molar-refractivity contribution in [2.45, 2.75) is 63.4 Å². The van der Waals surface area contributed by atoms with Crippen LogP contribution >= 0.6 is 23.2 Å². The maximum atomic E-state index is 12.8. The summed E-state index contributed by atoms with van der Waals surface area (Å²) in [6.07, 6.45) is 0. The molecular formula is C17H26Cl2N4O4. The fourth-order valence-corrected chi connectivity index (χ4v) is 3.55. The van der Waals surface area contributed by atoms with Crippen LogP contribution in [0.15, 0.2) is 0 Å². The molecule has 152 valence electrons. The van der Waals surface area contributed by atoms with Gasteiger partial charge in [-0.15, -0.1) is 23.2 Å². The van der Waals surface area contributed by atoms with Crippen molar-refractivity contribution in [2.75, 3.05) is 19.8 Å². The Hall–Kier alpha value is -1.54. The molecular weight excluding hydrogens is 395 g/mol. The number of halogens is 2. The Labute approximate surface area is 169 Å². The predicted octanol–water partition coefficient (Wildman–Crippen LogP) is 2.28. The van der Waals surface area contributed by atoms with Crippen LogP contribution in [0.2, 0.25) is 0 Å². The number of amides is 6. The second kappa shape index (κ2) is 7.13. The summed E-state index contributed by atoms with van der Waals surface area (Å²) in [4.78, 5) is 55.8. The number of rotatable bonds is 6. The summed E-state index contributed by atoms with van der Waals surface area (Å²) < 4.78 is 0. The number of alkyl halides is 2. The minimum absolute atomic E-state index is 0.0747. The molecule has 2 aliphatic rings. The van der Waals surface area contributed by atoms with Gasteiger partial charge in [0.05, 0.1) is 0 Å². The van der Waals surface area contributed by atoms with Crippen LogP contribution in [0.1, 0.15) is 41.5 Å². The summed E-state index contributed by atoms with van der Waals surface area (Å²) in [7, 11) is 0. The summed E-state index contributed by atoms with van der Waals surface area (Å²) in [6, 6.07) is -1.06. The highest BCUT2D eigenvalue weighted by Gasteiger charge is 2.57. The van der Waals surface area contributed by atoms with Crippen molar-refractivity contribution in [1.29, 1.82) is 0 Å². The lowest BCUT2D eigenvalue weighted by molar-refractivity contribution is -0.133. The molecule has 2 saturated heterocycles. The number of imide groups is 2. The van der Waals surface area contributed by atoms with Gasteiger partial charge in [-0.3, -0.25) is 29.2 Å². The van der Waals surface area contributed by atoms with Crippen LogP contribution in [-0.2, 0) is 9.59 Å². The molecule has 2 heterocycles. The number of hydrogen-bond acceptors (Lipinski definition) is 4. The average Bonchev–Trinajstić information content (AvgIpc) is 2.78. The lowest BCUT2D eigenvalue weighted by Crippen LogP contribution is -2.55. The molecule has 6 amide bonds. The van der Waals surface area contributed by atoms with Crippen molar-refractivity contribution < 1.29 is 19.2 Å². The van der Waals surface area contributed by atoms with E-state index in [1.54, 1.807) is 41.5 Å². The maximum absolute atomic E-state index is 12.8. The highest BCUT2D eigenvalue weighted by atomic mass is 35.5. The Morgan fingerprint density at radius 2 is 1.04 bits per heavy atom. The maximum Gasteiger partial charge on any atom is 0.329 e. The van der Waals surface area contributed by atoms with Crippen molar-refractivity contribution in [3.63, 3.8) is 0 Å². The lowest BCUT2D eigenvalue weighted by atomic mass is 10.0. The minimum atomic E-state index is -1.16. The number of carbonyl (C=O) groups is 4. The van der Waals surface area contributed by atoms with E-state index in [4.69, 9.17) is 23.2 Å². The van der Waals surface area contributed by atoms with Crippen LogP contribution in [0.25, 0.3) is 0 Å². The van der Waals surface area contributed by atoms with Gasteiger partial charge in [-0.05, 0) is 41.5 Å². The molecule has 0 spiro atoms.